The van der Waals surface area contributed by atoms with Crippen LogP contribution < -0.4 is 5.90 Å². The van der Waals surface area contributed by atoms with Gasteiger partial charge in [-0.3, -0.25) is 0 Å². The summed E-state index contributed by atoms with van der Waals surface area (Å²) in [6.07, 6.45) is 0. The van der Waals surface area contributed by atoms with Crippen LogP contribution in [0.15, 0.2) is 48.5 Å². The molecule has 110 valence electrons. The predicted octanol–water partition coefficient (Wildman–Crippen LogP) is 2.12. The Bertz CT molecular complexity index is 639. The van der Waals surface area contributed by atoms with Crippen LogP contribution in [0.3, 0.4) is 0 Å². The molecule has 0 atom stereocenters. The molecule has 0 spiro atoms. The summed E-state index contributed by atoms with van der Waals surface area (Å²) in [6.45, 7) is 1.83. The van der Waals surface area contributed by atoms with E-state index in [1.807, 2.05) is 19.1 Å². The van der Waals surface area contributed by atoms with Gasteiger partial charge in [0.25, 0.3) is 0 Å². The number of aromatic hydroxyl groups is 1. The summed E-state index contributed by atoms with van der Waals surface area (Å²) in [5.74, 6) is 2.91. The van der Waals surface area contributed by atoms with Gasteiger partial charge < -0.3 is 15.1 Å². The highest BCUT2D eigenvalue weighted by molar-refractivity contribution is 5.91. The van der Waals surface area contributed by atoms with Crippen molar-refractivity contribution in [3.05, 3.63) is 65.2 Å². The molecule has 0 radical (unpaired) electrons. The first-order valence-electron chi connectivity index (χ1n) is 5.95. The standard InChI is InChI=1S/C8H9NO2.C7H6O3/c1-6-4-2-3-5-7(6)8(10)11-9;8-6-4-2-1-3-5(6)7(9)10/h2-5H,9H2,1H3;1-4,8H,(H,9,10). The molecule has 0 heterocycles. The number of carbonyl (C=O) groups excluding carboxylic acids is 1. The summed E-state index contributed by atoms with van der Waals surface area (Å²) in [5, 5.41) is 17.3. The predicted molar refractivity (Wildman–Crippen MR) is 75.8 cm³/mol. The van der Waals surface area contributed by atoms with Crippen LogP contribution in [0.2, 0.25) is 0 Å². The quantitative estimate of drug-likeness (QED) is 0.730. The highest BCUT2D eigenvalue weighted by atomic mass is 16.7. The molecule has 2 aromatic rings. The van der Waals surface area contributed by atoms with E-state index in [2.05, 4.69) is 4.84 Å². The molecule has 0 unspecified atom stereocenters. The summed E-state index contributed by atoms with van der Waals surface area (Å²) in [4.78, 5) is 25.2. The van der Waals surface area contributed by atoms with E-state index in [9.17, 15) is 9.59 Å². The first-order chi connectivity index (χ1) is 9.97. The maximum absolute atomic E-state index is 10.9. The number of aryl methyl sites for hydroxylation is 1. The van der Waals surface area contributed by atoms with E-state index in [-0.39, 0.29) is 11.3 Å². The maximum atomic E-state index is 10.9. The van der Waals surface area contributed by atoms with E-state index in [1.165, 1.54) is 12.1 Å². The molecular weight excluding hydrogens is 274 g/mol. The Labute approximate surface area is 121 Å². The van der Waals surface area contributed by atoms with E-state index in [1.54, 1.807) is 24.3 Å². The van der Waals surface area contributed by atoms with Crippen molar-refractivity contribution in [1.29, 1.82) is 0 Å². The fourth-order valence-corrected chi connectivity index (χ4v) is 1.52. The minimum Gasteiger partial charge on any atom is -0.507 e. The number of aromatic carboxylic acids is 1. The third-order valence-corrected chi connectivity index (χ3v) is 2.61. The molecule has 0 aliphatic heterocycles. The zero-order valence-electron chi connectivity index (χ0n) is 11.3. The molecule has 0 aromatic heterocycles. The second-order valence-corrected chi connectivity index (χ2v) is 4.04. The zero-order chi connectivity index (χ0) is 15.8. The van der Waals surface area contributed by atoms with Crippen molar-refractivity contribution in [3.63, 3.8) is 0 Å². The van der Waals surface area contributed by atoms with Crippen molar-refractivity contribution in [2.45, 2.75) is 6.92 Å². The topological polar surface area (TPSA) is 110 Å². The van der Waals surface area contributed by atoms with Crippen molar-refractivity contribution in [2.75, 3.05) is 0 Å². The Hall–Kier alpha value is -2.86. The third-order valence-electron chi connectivity index (χ3n) is 2.61. The van der Waals surface area contributed by atoms with Crippen LogP contribution in [0.5, 0.6) is 5.75 Å². The lowest BCUT2D eigenvalue weighted by molar-refractivity contribution is 0.0502. The average Bonchev–Trinajstić information content (AvgIpc) is 2.48. The Morgan fingerprint density at radius 3 is 1.95 bits per heavy atom. The average molecular weight is 289 g/mol. The van der Waals surface area contributed by atoms with Gasteiger partial charge in [-0.2, -0.15) is 5.90 Å². The summed E-state index contributed by atoms with van der Waals surface area (Å²) in [6, 6.07) is 12.9. The highest BCUT2D eigenvalue weighted by Gasteiger charge is 2.07. The lowest BCUT2D eigenvalue weighted by Gasteiger charge is -2.00. The SMILES string of the molecule is Cc1ccccc1C(=O)ON.O=C(O)c1ccccc1O. The number of benzene rings is 2. The molecule has 4 N–H and O–H groups in total. The van der Waals surface area contributed by atoms with Gasteiger partial charge >= 0.3 is 11.9 Å². The number of nitrogens with two attached hydrogens (primary N) is 1. The fraction of sp³-hybridized carbons (Fsp3) is 0.0667. The number of carboxylic acid groups (broad SMARTS) is 1. The fourth-order valence-electron chi connectivity index (χ4n) is 1.52. The van der Waals surface area contributed by atoms with Gasteiger partial charge in [-0.15, -0.1) is 0 Å². The molecule has 2 rings (SSSR count). The highest BCUT2D eigenvalue weighted by Crippen LogP contribution is 2.14. The van der Waals surface area contributed by atoms with Gasteiger partial charge in [0.2, 0.25) is 0 Å². The Morgan fingerprint density at radius 1 is 1.00 bits per heavy atom. The van der Waals surface area contributed by atoms with E-state index >= 15 is 0 Å². The molecule has 21 heavy (non-hydrogen) atoms. The van der Waals surface area contributed by atoms with Crippen molar-refractivity contribution in [3.8, 4) is 5.75 Å². The summed E-state index contributed by atoms with van der Waals surface area (Å²) in [7, 11) is 0. The van der Waals surface area contributed by atoms with E-state index in [4.69, 9.17) is 16.1 Å². The summed E-state index contributed by atoms with van der Waals surface area (Å²) in [5.41, 5.74) is 1.31. The second kappa shape index (κ2) is 7.66. The van der Waals surface area contributed by atoms with Crippen LogP contribution in [0.25, 0.3) is 0 Å². The molecule has 2 aromatic carbocycles. The molecule has 0 saturated carbocycles. The van der Waals surface area contributed by atoms with E-state index in [0.717, 1.165) is 5.56 Å². The van der Waals surface area contributed by atoms with Crippen LogP contribution in [0.1, 0.15) is 26.3 Å². The molecular formula is C15H15NO5. The van der Waals surface area contributed by atoms with Crippen molar-refractivity contribution >= 4 is 11.9 Å². The monoisotopic (exact) mass is 289 g/mol. The zero-order valence-corrected chi connectivity index (χ0v) is 11.3. The smallest absolute Gasteiger partial charge is 0.356 e. The first-order valence-corrected chi connectivity index (χ1v) is 5.95. The van der Waals surface area contributed by atoms with Gasteiger partial charge in [-0.1, -0.05) is 30.3 Å². The molecule has 0 aliphatic rings. The van der Waals surface area contributed by atoms with Crippen LogP contribution in [-0.4, -0.2) is 22.2 Å². The Morgan fingerprint density at radius 2 is 1.52 bits per heavy atom. The van der Waals surface area contributed by atoms with Gasteiger partial charge in [0.15, 0.2) is 0 Å². The number of carbonyl (C=O) groups is 2. The Kier molecular flexibility index (Phi) is 5.91. The van der Waals surface area contributed by atoms with Gasteiger partial charge in [-0.05, 0) is 30.7 Å². The van der Waals surface area contributed by atoms with E-state index in [0.29, 0.717) is 5.56 Å². The Balaban J connectivity index is 0.000000211. The summed E-state index contributed by atoms with van der Waals surface area (Å²) < 4.78 is 0. The number of hydrogen-bond acceptors (Lipinski definition) is 5. The van der Waals surface area contributed by atoms with Crippen LogP contribution in [-0.2, 0) is 4.84 Å². The number of para-hydroxylation sites is 1. The lowest BCUT2D eigenvalue weighted by atomic mass is 10.1. The number of carboxylic acids is 1. The molecule has 0 saturated heterocycles. The number of rotatable bonds is 2. The maximum Gasteiger partial charge on any atom is 0.356 e. The normalized spacial score (nSPS) is 9.24. The molecule has 6 nitrogen and oxygen atoms in total. The third kappa shape index (κ3) is 4.63. The van der Waals surface area contributed by atoms with Gasteiger partial charge in [0.05, 0.1) is 5.56 Å². The molecule has 0 fully saturated rings. The number of phenols is 1. The minimum absolute atomic E-state index is 0.0671. The molecule has 0 aliphatic carbocycles. The first kappa shape index (κ1) is 16.2. The van der Waals surface area contributed by atoms with Crippen LogP contribution in [0.4, 0.5) is 0 Å². The molecule has 6 heteroatoms. The summed E-state index contributed by atoms with van der Waals surface area (Å²) >= 11 is 0. The van der Waals surface area contributed by atoms with Crippen LogP contribution in [0, 0.1) is 6.92 Å². The minimum atomic E-state index is -1.11. The van der Waals surface area contributed by atoms with Crippen molar-refractivity contribution in [2.24, 2.45) is 5.90 Å². The largest absolute Gasteiger partial charge is 0.507 e. The molecule has 0 amide bonds. The van der Waals surface area contributed by atoms with Crippen LogP contribution >= 0.6 is 0 Å². The van der Waals surface area contributed by atoms with Crippen molar-refractivity contribution in [1.82, 2.24) is 0 Å². The van der Waals surface area contributed by atoms with E-state index < -0.39 is 11.9 Å². The van der Waals surface area contributed by atoms with Gasteiger partial charge in [0.1, 0.15) is 11.3 Å². The van der Waals surface area contributed by atoms with Gasteiger partial charge in [0, 0.05) is 0 Å². The second-order valence-electron chi connectivity index (χ2n) is 4.04. The lowest BCUT2D eigenvalue weighted by Crippen LogP contribution is -2.11. The number of hydrogen-bond donors (Lipinski definition) is 3. The van der Waals surface area contributed by atoms with Gasteiger partial charge in [-0.25, -0.2) is 9.59 Å². The van der Waals surface area contributed by atoms with Crippen molar-refractivity contribution < 1.29 is 24.6 Å². The molecule has 0 bridgehead atoms.